The first kappa shape index (κ1) is 10.3. The maximum absolute atomic E-state index is 10.9. The fourth-order valence-electron chi connectivity index (χ4n) is 1.03. The highest BCUT2D eigenvalue weighted by molar-refractivity contribution is 7.98. The molecule has 0 aromatic heterocycles. The van der Waals surface area contributed by atoms with E-state index >= 15 is 0 Å². The molecule has 0 aliphatic heterocycles. The van der Waals surface area contributed by atoms with Gasteiger partial charge in [0.1, 0.15) is 6.61 Å². The van der Waals surface area contributed by atoms with Crippen molar-refractivity contribution in [3.8, 4) is 0 Å². The van der Waals surface area contributed by atoms with E-state index in [4.69, 9.17) is 5.11 Å². The SMILES string of the molecule is CSc1ccc(CC(=O)CO)cc1. The second kappa shape index (κ2) is 5.04. The molecule has 0 amide bonds. The topological polar surface area (TPSA) is 37.3 Å². The highest BCUT2D eigenvalue weighted by Crippen LogP contribution is 2.14. The van der Waals surface area contributed by atoms with E-state index in [2.05, 4.69) is 0 Å². The molecule has 1 N–H and O–H groups in total. The van der Waals surface area contributed by atoms with Crippen molar-refractivity contribution in [3.63, 3.8) is 0 Å². The second-order valence-electron chi connectivity index (χ2n) is 2.72. The van der Waals surface area contributed by atoms with Crippen LogP contribution in [-0.2, 0) is 11.2 Å². The Bertz CT molecular complexity index is 279. The summed E-state index contributed by atoms with van der Waals surface area (Å²) in [5.41, 5.74) is 0.955. The predicted molar refractivity (Wildman–Crippen MR) is 54.0 cm³/mol. The number of carbonyl (C=O) groups excluding carboxylic acids is 1. The summed E-state index contributed by atoms with van der Waals surface area (Å²) in [5, 5.41) is 8.54. The molecule has 0 aliphatic carbocycles. The molecule has 0 aliphatic rings. The Morgan fingerprint density at radius 3 is 2.46 bits per heavy atom. The highest BCUT2D eigenvalue weighted by atomic mass is 32.2. The van der Waals surface area contributed by atoms with Crippen molar-refractivity contribution in [2.24, 2.45) is 0 Å². The molecule has 1 aromatic rings. The number of rotatable bonds is 4. The standard InChI is InChI=1S/C10H12O2S/c1-13-10-4-2-8(3-5-10)6-9(12)7-11/h2-5,11H,6-7H2,1H3. The predicted octanol–water partition coefficient (Wildman–Crippen LogP) is 1.51. The molecule has 0 fully saturated rings. The first-order valence-corrected chi connectivity index (χ1v) is 5.24. The summed E-state index contributed by atoms with van der Waals surface area (Å²) < 4.78 is 0. The number of Topliss-reactive ketones (excluding diaryl/α,β-unsaturated/α-hetero) is 1. The van der Waals surface area contributed by atoms with Crippen LogP contribution in [0.2, 0.25) is 0 Å². The second-order valence-corrected chi connectivity index (χ2v) is 3.60. The first-order valence-electron chi connectivity index (χ1n) is 4.01. The molecule has 0 spiro atoms. The third-order valence-electron chi connectivity index (χ3n) is 1.74. The van der Waals surface area contributed by atoms with Gasteiger partial charge in [0.2, 0.25) is 0 Å². The minimum atomic E-state index is -0.371. The third-order valence-corrected chi connectivity index (χ3v) is 2.48. The zero-order valence-corrected chi connectivity index (χ0v) is 8.30. The van der Waals surface area contributed by atoms with Crippen LogP contribution in [-0.4, -0.2) is 23.8 Å². The van der Waals surface area contributed by atoms with Gasteiger partial charge in [0.25, 0.3) is 0 Å². The van der Waals surface area contributed by atoms with E-state index in [0.717, 1.165) is 5.56 Å². The van der Waals surface area contributed by atoms with Gasteiger partial charge < -0.3 is 5.11 Å². The molecule has 0 saturated heterocycles. The lowest BCUT2D eigenvalue weighted by atomic mass is 10.1. The fraction of sp³-hybridized carbons (Fsp3) is 0.300. The maximum Gasteiger partial charge on any atom is 0.162 e. The van der Waals surface area contributed by atoms with Crippen LogP contribution in [0.4, 0.5) is 0 Å². The van der Waals surface area contributed by atoms with Gasteiger partial charge in [0.05, 0.1) is 0 Å². The summed E-state index contributed by atoms with van der Waals surface area (Å²) >= 11 is 1.67. The van der Waals surface area contributed by atoms with Gasteiger partial charge in [0.15, 0.2) is 5.78 Å². The molecule has 0 heterocycles. The van der Waals surface area contributed by atoms with E-state index < -0.39 is 0 Å². The molecule has 1 rings (SSSR count). The number of aliphatic hydroxyl groups is 1. The van der Waals surface area contributed by atoms with E-state index in [1.165, 1.54) is 4.90 Å². The van der Waals surface area contributed by atoms with Gasteiger partial charge in [-0.15, -0.1) is 11.8 Å². The van der Waals surface area contributed by atoms with E-state index in [-0.39, 0.29) is 12.4 Å². The lowest BCUT2D eigenvalue weighted by Crippen LogP contribution is -2.06. The van der Waals surface area contributed by atoms with E-state index in [0.29, 0.717) is 6.42 Å². The monoisotopic (exact) mass is 196 g/mol. The van der Waals surface area contributed by atoms with Crippen LogP contribution < -0.4 is 0 Å². The van der Waals surface area contributed by atoms with Crippen molar-refractivity contribution < 1.29 is 9.90 Å². The van der Waals surface area contributed by atoms with Gasteiger partial charge in [-0.05, 0) is 24.0 Å². The van der Waals surface area contributed by atoms with Crippen molar-refractivity contribution in [3.05, 3.63) is 29.8 Å². The first-order chi connectivity index (χ1) is 6.26. The number of ketones is 1. The van der Waals surface area contributed by atoms with Crippen molar-refractivity contribution >= 4 is 17.5 Å². The van der Waals surface area contributed by atoms with Gasteiger partial charge in [-0.1, -0.05) is 12.1 Å². The Morgan fingerprint density at radius 2 is 2.00 bits per heavy atom. The molecule has 0 bridgehead atoms. The van der Waals surface area contributed by atoms with Crippen LogP contribution in [0.1, 0.15) is 5.56 Å². The zero-order valence-electron chi connectivity index (χ0n) is 7.49. The normalized spacial score (nSPS) is 10.0. The van der Waals surface area contributed by atoms with Crippen LogP contribution in [0, 0.1) is 0 Å². The summed E-state index contributed by atoms with van der Waals surface area (Å²) in [6, 6.07) is 7.79. The average Bonchev–Trinajstić information content (AvgIpc) is 2.19. The molecule has 0 saturated carbocycles. The molecule has 1 aromatic carbocycles. The molecule has 70 valence electrons. The van der Waals surface area contributed by atoms with Crippen LogP contribution in [0.3, 0.4) is 0 Å². The maximum atomic E-state index is 10.9. The number of benzene rings is 1. The van der Waals surface area contributed by atoms with Crippen molar-refractivity contribution in [1.82, 2.24) is 0 Å². The van der Waals surface area contributed by atoms with Crippen molar-refractivity contribution in [2.45, 2.75) is 11.3 Å². The average molecular weight is 196 g/mol. The van der Waals surface area contributed by atoms with Crippen molar-refractivity contribution in [1.29, 1.82) is 0 Å². The Balaban J connectivity index is 2.64. The van der Waals surface area contributed by atoms with Crippen LogP contribution in [0.25, 0.3) is 0 Å². The zero-order chi connectivity index (χ0) is 9.68. The molecular weight excluding hydrogens is 184 g/mol. The number of aliphatic hydroxyl groups excluding tert-OH is 1. The Labute approximate surface area is 82.0 Å². The molecular formula is C10H12O2S. The lowest BCUT2D eigenvalue weighted by Gasteiger charge is -2.00. The minimum absolute atomic E-state index is 0.142. The van der Waals surface area contributed by atoms with E-state index in [1.807, 2.05) is 30.5 Å². The van der Waals surface area contributed by atoms with E-state index in [1.54, 1.807) is 11.8 Å². The third kappa shape index (κ3) is 3.20. The molecule has 3 heteroatoms. The van der Waals surface area contributed by atoms with Gasteiger partial charge in [-0.2, -0.15) is 0 Å². The van der Waals surface area contributed by atoms with Gasteiger partial charge in [0, 0.05) is 11.3 Å². The molecule has 0 radical (unpaired) electrons. The Kier molecular flexibility index (Phi) is 3.99. The summed E-state index contributed by atoms with van der Waals surface area (Å²) in [6.45, 7) is -0.371. The van der Waals surface area contributed by atoms with Gasteiger partial charge in [-0.25, -0.2) is 0 Å². The number of carbonyl (C=O) groups is 1. The van der Waals surface area contributed by atoms with Crippen molar-refractivity contribution in [2.75, 3.05) is 12.9 Å². The molecule has 0 unspecified atom stereocenters. The highest BCUT2D eigenvalue weighted by Gasteiger charge is 2.00. The van der Waals surface area contributed by atoms with Gasteiger partial charge in [-0.3, -0.25) is 4.79 Å². The lowest BCUT2D eigenvalue weighted by molar-refractivity contribution is -0.121. The number of hydrogen-bond acceptors (Lipinski definition) is 3. The smallest absolute Gasteiger partial charge is 0.162 e. The number of thioether (sulfide) groups is 1. The summed E-state index contributed by atoms with van der Waals surface area (Å²) in [4.78, 5) is 12.1. The van der Waals surface area contributed by atoms with Crippen LogP contribution in [0.15, 0.2) is 29.2 Å². The van der Waals surface area contributed by atoms with E-state index in [9.17, 15) is 4.79 Å². The minimum Gasteiger partial charge on any atom is -0.389 e. The quantitative estimate of drug-likeness (QED) is 0.742. The van der Waals surface area contributed by atoms with Crippen LogP contribution >= 0.6 is 11.8 Å². The summed E-state index contributed by atoms with van der Waals surface area (Å²) in [6.07, 6.45) is 2.33. The van der Waals surface area contributed by atoms with Gasteiger partial charge >= 0.3 is 0 Å². The van der Waals surface area contributed by atoms with Crippen LogP contribution in [0.5, 0.6) is 0 Å². The Hall–Kier alpha value is -0.800. The molecule has 2 nitrogen and oxygen atoms in total. The molecule has 13 heavy (non-hydrogen) atoms. The summed E-state index contributed by atoms with van der Waals surface area (Å²) in [5.74, 6) is -0.142. The molecule has 0 atom stereocenters. The Morgan fingerprint density at radius 1 is 1.38 bits per heavy atom. The fourth-order valence-corrected chi connectivity index (χ4v) is 1.44. The number of hydrogen-bond donors (Lipinski definition) is 1. The summed E-state index contributed by atoms with van der Waals surface area (Å²) in [7, 11) is 0. The largest absolute Gasteiger partial charge is 0.389 e.